The molecule has 0 atom stereocenters. The Labute approximate surface area is 197 Å². The molecule has 2 aromatic carbocycles. The molecule has 33 heavy (non-hydrogen) atoms. The Morgan fingerprint density at radius 1 is 1.15 bits per heavy atom. The quantitative estimate of drug-likeness (QED) is 0.531. The van der Waals surface area contributed by atoms with Crippen molar-refractivity contribution in [2.24, 2.45) is 0 Å². The van der Waals surface area contributed by atoms with Gasteiger partial charge in [-0.25, -0.2) is 0 Å². The van der Waals surface area contributed by atoms with E-state index in [9.17, 15) is 9.59 Å². The molecule has 2 aliphatic heterocycles. The lowest BCUT2D eigenvalue weighted by Crippen LogP contribution is -3.14. The first-order valence-corrected chi connectivity index (χ1v) is 11.7. The maximum Gasteiger partial charge on any atom is 0.262 e. The summed E-state index contributed by atoms with van der Waals surface area (Å²) in [7, 11) is 3.15. The van der Waals surface area contributed by atoms with Gasteiger partial charge in [-0.3, -0.25) is 9.59 Å². The standard InChI is InChI=1S/C24H27N3O5S/c1-30-19-5-3-16(13-20(19)31-2)14-22-24(29)26-18-15-17(4-6-21(18)33-22)23(28)25-7-8-27-9-11-32-12-10-27/h3-6,13-15H,7-12H2,1-2H3,(H,25,28)(H,26,29)/p+1. The molecule has 174 valence electrons. The number of morpholine rings is 1. The number of carbonyl (C=O) groups excluding carboxylic acids is 2. The number of hydrogen-bond donors (Lipinski definition) is 3. The van der Waals surface area contributed by atoms with Crippen molar-refractivity contribution < 1.29 is 28.7 Å². The molecular formula is C24H28N3O5S+. The molecule has 2 aromatic rings. The van der Waals surface area contributed by atoms with E-state index in [0.29, 0.717) is 34.2 Å². The van der Waals surface area contributed by atoms with Crippen molar-refractivity contribution in [2.45, 2.75) is 4.90 Å². The van der Waals surface area contributed by atoms with Gasteiger partial charge < -0.3 is 29.7 Å². The third-order valence-corrected chi connectivity index (χ3v) is 6.70. The van der Waals surface area contributed by atoms with E-state index in [2.05, 4.69) is 10.6 Å². The van der Waals surface area contributed by atoms with Crippen LogP contribution < -0.4 is 25.0 Å². The molecule has 1 fully saturated rings. The van der Waals surface area contributed by atoms with Crippen LogP contribution in [0.4, 0.5) is 5.69 Å². The fourth-order valence-electron chi connectivity index (χ4n) is 3.76. The van der Waals surface area contributed by atoms with Crippen molar-refractivity contribution in [1.82, 2.24) is 5.32 Å². The Kier molecular flexibility index (Phi) is 7.54. The molecule has 0 radical (unpaired) electrons. The molecule has 3 N–H and O–H groups in total. The number of quaternary nitrogens is 1. The Morgan fingerprint density at radius 2 is 1.94 bits per heavy atom. The van der Waals surface area contributed by atoms with Crippen molar-refractivity contribution in [2.75, 3.05) is 58.9 Å². The van der Waals surface area contributed by atoms with Crippen LogP contribution in [0.25, 0.3) is 6.08 Å². The van der Waals surface area contributed by atoms with Crippen molar-refractivity contribution in [3.05, 3.63) is 52.4 Å². The molecule has 0 bridgehead atoms. The summed E-state index contributed by atoms with van der Waals surface area (Å²) in [5, 5.41) is 5.87. The Balaban J connectivity index is 1.41. The SMILES string of the molecule is COc1ccc(C=C2Sc3ccc(C(=O)NCC[NH+]4CCOCC4)cc3NC2=O)cc1OC. The highest BCUT2D eigenvalue weighted by Gasteiger charge is 2.23. The van der Waals surface area contributed by atoms with Crippen LogP contribution >= 0.6 is 11.8 Å². The molecule has 0 aliphatic carbocycles. The number of carbonyl (C=O) groups is 2. The maximum absolute atomic E-state index is 12.7. The topological polar surface area (TPSA) is 90.3 Å². The fourth-order valence-corrected chi connectivity index (χ4v) is 4.69. The van der Waals surface area contributed by atoms with Gasteiger partial charge in [-0.15, -0.1) is 0 Å². The number of amides is 2. The van der Waals surface area contributed by atoms with E-state index in [1.807, 2.05) is 18.2 Å². The number of thioether (sulfide) groups is 1. The van der Waals surface area contributed by atoms with Gasteiger partial charge in [-0.1, -0.05) is 17.8 Å². The smallest absolute Gasteiger partial charge is 0.262 e. The molecule has 1 saturated heterocycles. The molecule has 0 saturated carbocycles. The van der Waals surface area contributed by atoms with Crippen molar-refractivity contribution in [1.29, 1.82) is 0 Å². The number of nitrogens with one attached hydrogen (secondary N) is 3. The third-order valence-electron chi connectivity index (χ3n) is 5.60. The number of methoxy groups -OCH3 is 2. The number of hydrogen-bond acceptors (Lipinski definition) is 6. The maximum atomic E-state index is 12.7. The lowest BCUT2D eigenvalue weighted by Gasteiger charge is -2.23. The Bertz CT molecular complexity index is 1070. The predicted octanol–water partition coefficient (Wildman–Crippen LogP) is 1.43. The summed E-state index contributed by atoms with van der Waals surface area (Å²) in [5.74, 6) is 0.870. The molecule has 8 nitrogen and oxygen atoms in total. The normalized spacial score (nSPS) is 17.3. The van der Waals surface area contributed by atoms with Gasteiger partial charge in [0.05, 0.1) is 51.1 Å². The van der Waals surface area contributed by atoms with Crippen LogP contribution in [0.5, 0.6) is 11.5 Å². The first-order valence-electron chi connectivity index (χ1n) is 10.8. The van der Waals surface area contributed by atoms with E-state index >= 15 is 0 Å². The Morgan fingerprint density at radius 3 is 2.70 bits per heavy atom. The van der Waals surface area contributed by atoms with E-state index < -0.39 is 0 Å². The molecule has 0 spiro atoms. The second kappa shape index (κ2) is 10.7. The zero-order valence-electron chi connectivity index (χ0n) is 18.7. The fraction of sp³-hybridized carbons (Fsp3) is 0.333. The molecule has 9 heteroatoms. The van der Waals surface area contributed by atoms with Crippen LogP contribution in [0, 0.1) is 0 Å². The number of anilines is 1. The van der Waals surface area contributed by atoms with Crippen LogP contribution in [-0.2, 0) is 9.53 Å². The molecule has 2 aliphatic rings. The Hall–Kier alpha value is -3.01. The summed E-state index contributed by atoms with van der Waals surface area (Å²) >= 11 is 1.37. The minimum absolute atomic E-state index is 0.142. The lowest BCUT2D eigenvalue weighted by molar-refractivity contribution is -0.906. The van der Waals surface area contributed by atoms with E-state index in [0.717, 1.165) is 43.3 Å². The molecule has 0 unspecified atom stereocenters. The molecule has 2 heterocycles. The predicted molar refractivity (Wildman–Crippen MR) is 127 cm³/mol. The first kappa shape index (κ1) is 23.2. The van der Waals surface area contributed by atoms with Crippen molar-refractivity contribution in [3.8, 4) is 11.5 Å². The molecule has 0 aromatic heterocycles. The minimum Gasteiger partial charge on any atom is -0.493 e. The second-order valence-electron chi connectivity index (χ2n) is 7.76. The van der Waals surface area contributed by atoms with Gasteiger partial charge in [0.1, 0.15) is 13.1 Å². The van der Waals surface area contributed by atoms with E-state index in [-0.39, 0.29) is 11.8 Å². The van der Waals surface area contributed by atoms with E-state index in [1.54, 1.807) is 38.5 Å². The molecular weight excluding hydrogens is 442 g/mol. The van der Waals surface area contributed by atoms with Gasteiger partial charge >= 0.3 is 0 Å². The monoisotopic (exact) mass is 470 g/mol. The molecule has 2 amide bonds. The summed E-state index contributed by atoms with van der Waals surface area (Å²) in [4.78, 5) is 28.1. The van der Waals surface area contributed by atoms with Crippen molar-refractivity contribution >= 4 is 35.3 Å². The average molecular weight is 471 g/mol. The number of rotatable bonds is 7. The first-order chi connectivity index (χ1) is 16.1. The van der Waals surface area contributed by atoms with Gasteiger partial charge in [0.25, 0.3) is 11.8 Å². The molecule has 4 rings (SSSR count). The third kappa shape index (κ3) is 5.68. The zero-order chi connectivity index (χ0) is 23.2. The second-order valence-corrected chi connectivity index (χ2v) is 8.84. The van der Waals surface area contributed by atoms with Crippen molar-refractivity contribution in [3.63, 3.8) is 0 Å². The minimum atomic E-state index is -0.212. The largest absolute Gasteiger partial charge is 0.493 e. The van der Waals surface area contributed by atoms with Gasteiger partial charge in [0.2, 0.25) is 0 Å². The highest BCUT2D eigenvalue weighted by atomic mass is 32.2. The van der Waals surface area contributed by atoms with E-state index in [1.165, 1.54) is 16.7 Å². The van der Waals surface area contributed by atoms with Crippen LogP contribution in [0.15, 0.2) is 46.2 Å². The lowest BCUT2D eigenvalue weighted by atomic mass is 10.1. The summed E-state index contributed by atoms with van der Waals surface area (Å²) < 4.78 is 16.0. The summed E-state index contributed by atoms with van der Waals surface area (Å²) in [5.41, 5.74) is 1.99. The van der Waals surface area contributed by atoms with Gasteiger partial charge in [0, 0.05) is 10.5 Å². The van der Waals surface area contributed by atoms with Crippen LogP contribution in [-0.4, -0.2) is 65.4 Å². The zero-order valence-corrected chi connectivity index (χ0v) is 19.6. The summed E-state index contributed by atoms with van der Waals surface area (Å²) in [6, 6.07) is 10.9. The number of ether oxygens (including phenoxy) is 3. The van der Waals surface area contributed by atoms with Gasteiger partial charge in [0.15, 0.2) is 11.5 Å². The van der Waals surface area contributed by atoms with Crippen LogP contribution in [0.3, 0.4) is 0 Å². The van der Waals surface area contributed by atoms with Crippen LogP contribution in [0.1, 0.15) is 15.9 Å². The van der Waals surface area contributed by atoms with Crippen LogP contribution in [0.2, 0.25) is 0 Å². The van der Waals surface area contributed by atoms with Gasteiger partial charge in [-0.2, -0.15) is 0 Å². The number of fused-ring (bicyclic) bond motifs is 1. The van der Waals surface area contributed by atoms with E-state index in [4.69, 9.17) is 14.2 Å². The van der Waals surface area contributed by atoms with Gasteiger partial charge in [-0.05, 0) is 42.0 Å². The highest BCUT2D eigenvalue weighted by Crippen LogP contribution is 2.40. The number of benzene rings is 2. The average Bonchev–Trinajstić information content (AvgIpc) is 2.84. The summed E-state index contributed by atoms with van der Waals surface area (Å²) in [6.45, 7) is 4.96. The highest BCUT2D eigenvalue weighted by molar-refractivity contribution is 8.04. The summed E-state index contributed by atoms with van der Waals surface area (Å²) in [6.07, 6.45) is 1.81.